The molecule has 2 aromatic rings. The van der Waals surface area contributed by atoms with E-state index in [4.69, 9.17) is 23.2 Å². The number of nitrogens with zero attached hydrogens (tertiary/aromatic N) is 1. The lowest BCUT2D eigenvalue weighted by Gasteiger charge is -2.31. The van der Waals surface area contributed by atoms with Crippen molar-refractivity contribution in [2.24, 2.45) is 5.92 Å². The zero-order chi connectivity index (χ0) is 20.5. The summed E-state index contributed by atoms with van der Waals surface area (Å²) in [6, 6.07) is 10.2. The molecule has 1 fully saturated rings. The van der Waals surface area contributed by atoms with Gasteiger partial charge in [0.1, 0.15) is 4.90 Å². The van der Waals surface area contributed by atoms with Gasteiger partial charge in [-0.3, -0.25) is 4.79 Å². The second kappa shape index (κ2) is 8.41. The third-order valence-corrected chi connectivity index (χ3v) is 7.34. The molecule has 0 bridgehead atoms. The largest absolute Gasteiger partial charge is 0.326 e. The molecule has 1 amide bonds. The fourth-order valence-electron chi connectivity index (χ4n) is 3.48. The third-order valence-electron chi connectivity index (χ3n) is 4.76. The fraction of sp³-hybridized carbons (Fsp3) is 0.350. The molecular weight excluding hydrogens is 419 g/mol. The molecule has 3 rings (SSSR count). The maximum Gasteiger partial charge on any atom is 0.244 e. The number of sulfonamides is 1. The number of anilines is 1. The first-order chi connectivity index (χ1) is 13.2. The average molecular weight is 441 g/mol. The van der Waals surface area contributed by atoms with Crippen LogP contribution in [-0.4, -0.2) is 31.7 Å². The van der Waals surface area contributed by atoms with E-state index >= 15 is 0 Å². The number of aryl methyl sites for hydroxylation is 2. The Balaban J connectivity index is 1.77. The number of hydrogen-bond donors (Lipinski definition) is 1. The highest BCUT2D eigenvalue weighted by molar-refractivity contribution is 7.89. The molecule has 0 radical (unpaired) electrons. The van der Waals surface area contributed by atoms with Crippen LogP contribution in [-0.2, 0) is 14.8 Å². The van der Waals surface area contributed by atoms with Gasteiger partial charge in [0.15, 0.2) is 0 Å². The monoisotopic (exact) mass is 440 g/mol. The van der Waals surface area contributed by atoms with E-state index in [1.54, 1.807) is 6.07 Å². The van der Waals surface area contributed by atoms with Crippen molar-refractivity contribution in [3.63, 3.8) is 0 Å². The Morgan fingerprint density at radius 1 is 1.11 bits per heavy atom. The van der Waals surface area contributed by atoms with Gasteiger partial charge in [0.25, 0.3) is 0 Å². The fourth-order valence-corrected chi connectivity index (χ4v) is 5.74. The Kier molecular flexibility index (Phi) is 6.34. The molecule has 2 aromatic carbocycles. The lowest BCUT2D eigenvalue weighted by atomic mass is 9.98. The summed E-state index contributed by atoms with van der Waals surface area (Å²) in [5.74, 6) is -0.607. The minimum atomic E-state index is -3.83. The summed E-state index contributed by atoms with van der Waals surface area (Å²) in [6.07, 6.45) is 1.23. The molecular formula is C20H22Cl2N2O3S. The van der Waals surface area contributed by atoms with Gasteiger partial charge >= 0.3 is 0 Å². The third kappa shape index (κ3) is 4.69. The average Bonchev–Trinajstić information content (AvgIpc) is 2.63. The summed E-state index contributed by atoms with van der Waals surface area (Å²) < 4.78 is 27.4. The van der Waals surface area contributed by atoms with Crippen molar-refractivity contribution in [2.75, 3.05) is 18.4 Å². The van der Waals surface area contributed by atoms with Crippen molar-refractivity contribution >= 4 is 44.8 Å². The highest BCUT2D eigenvalue weighted by Crippen LogP contribution is 2.30. The lowest BCUT2D eigenvalue weighted by molar-refractivity contribution is -0.120. The molecule has 28 heavy (non-hydrogen) atoms. The number of hydrogen-bond acceptors (Lipinski definition) is 3. The van der Waals surface area contributed by atoms with Crippen LogP contribution in [0.2, 0.25) is 10.0 Å². The summed E-state index contributed by atoms with van der Waals surface area (Å²) in [6.45, 7) is 4.39. The van der Waals surface area contributed by atoms with E-state index in [-0.39, 0.29) is 22.4 Å². The molecule has 150 valence electrons. The minimum absolute atomic E-state index is 0.0305. The lowest BCUT2D eigenvalue weighted by Crippen LogP contribution is -2.43. The van der Waals surface area contributed by atoms with Crippen LogP contribution < -0.4 is 5.32 Å². The smallest absolute Gasteiger partial charge is 0.244 e. The Bertz CT molecular complexity index is 988. The Morgan fingerprint density at radius 2 is 1.79 bits per heavy atom. The normalized spacial score (nSPS) is 18.1. The van der Waals surface area contributed by atoms with Gasteiger partial charge < -0.3 is 5.32 Å². The van der Waals surface area contributed by atoms with Gasteiger partial charge in [0, 0.05) is 23.8 Å². The second-order valence-corrected chi connectivity index (χ2v) is 9.89. The summed E-state index contributed by atoms with van der Waals surface area (Å²) in [7, 11) is -3.83. The van der Waals surface area contributed by atoms with Crippen LogP contribution in [0.15, 0.2) is 41.3 Å². The Hall–Kier alpha value is -1.60. The number of carbonyl (C=O) groups is 1. The van der Waals surface area contributed by atoms with E-state index in [0.29, 0.717) is 24.4 Å². The molecule has 1 aliphatic rings. The van der Waals surface area contributed by atoms with Crippen molar-refractivity contribution in [1.29, 1.82) is 0 Å². The van der Waals surface area contributed by atoms with E-state index in [9.17, 15) is 13.2 Å². The van der Waals surface area contributed by atoms with Gasteiger partial charge in [-0.25, -0.2) is 8.42 Å². The van der Waals surface area contributed by atoms with Crippen molar-refractivity contribution in [2.45, 2.75) is 31.6 Å². The van der Waals surface area contributed by atoms with E-state index < -0.39 is 15.9 Å². The van der Waals surface area contributed by atoms with Gasteiger partial charge in [0.05, 0.1) is 10.9 Å². The molecule has 0 spiro atoms. The van der Waals surface area contributed by atoms with Gasteiger partial charge in [0.2, 0.25) is 15.9 Å². The summed E-state index contributed by atoms with van der Waals surface area (Å²) >= 11 is 12.0. The molecule has 0 saturated carbocycles. The molecule has 1 aliphatic heterocycles. The topological polar surface area (TPSA) is 66.5 Å². The Morgan fingerprint density at radius 3 is 2.46 bits per heavy atom. The van der Waals surface area contributed by atoms with Crippen LogP contribution in [0.3, 0.4) is 0 Å². The van der Waals surface area contributed by atoms with Crippen molar-refractivity contribution in [1.82, 2.24) is 4.31 Å². The molecule has 5 nitrogen and oxygen atoms in total. The quantitative estimate of drug-likeness (QED) is 0.751. The van der Waals surface area contributed by atoms with Gasteiger partial charge in [-0.2, -0.15) is 4.31 Å². The van der Waals surface area contributed by atoms with Crippen LogP contribution in [0.4, 0.5) is 5.69 Å². The number of rotatable bonds is 4. The van der Waals surface area contributed by atoms with Crippen LogP contribution in [0.25, 0.3) is 0 Å². The van der Waals surface area contributed by atoms with Gasteiger partial charge in [-0.05, 0) is 68.1 Å². The van der Waals surface area contributed by atoms with Crippen molar-refractivity contribution < 1.29 is 13.2 Å². The molecule has 0 aliphatic carbocycles. The molecule has 1 N–H and O–H groups in total. The predicted octanol–water partition coefficient (Wildman–Crippen LogP) is 4.65. The summed E-state index contributed by atoms with van der Waals surface area (Å²) in [4.78, 5) is 12.7. The van der Waals surface area contributed by atoms with Gasteiger partial charge in [-0.15, -0.1) is 0 Å². The Labute approximate surface area is 175 Å². The van der Waals surface area contributed by atoms with E-state index in [1.807, 2.05) is 32.0 Å². The number of benzene rings is 2. The van der Waals surface area contributed by atoms with Crippen molar-refractivity contribution in [3.8, 4) is 0 Å². The molecule has 8 heteroatoms. The highest BCUT2D eigenvalue weighted by Gasteiger charge is 2.34. The molecule has 1 atom stereocenters. The first kappa shape index (κ1) is 21.1. The molecule has 1 heterocycles. The van der Waals surface area contributed by atoms with E-state index in [0.717, 1.165) is 16.8 Å². The first-order valence-corrected chi connectivity index (χ1v) is 11.2. The number of piperidine rings is 1. The van der Waals surface area contributed by atoms with Crippen LogP contribution in [0.5, 0.6) is 0 Å². The zero-order valence-corrected chi connectivity index (χ0v) is 18.0. The molecule has 1 saturated heterocycles. The van der Waals surface area contributed by atoms with Crippen molar-refractivity contribution in [3.05, 3.63) is 57.6 Å². The van der Waals surface area contributed by atoms with Crippen LogP contribution in [0.1, 0.15) is 24.0 Å². The van der Waals surface area contributed by atoms with Crippen LogP contribution >= 0.6 is 23.2 Å². The molecule has 0 unspecified atom stereocenters. The maximum atomic E-state index is 13.0. The van der Waals surface area contributed by atoms with Gasteiger partial charge in [-0.1, -0.05) is 29.3 Å². The zero-order valence-electron chi connectivity index (χ0n) is 15.7. The first-order valence-electron chi connectivity index (χ1n) is 9.01. The van der Waals surface area contributed by atoms with E-state index in [1.165, 1.54) is 16.4 Å². The maximum absolute atomic E-state index is 13.0. The standard InChI is InChI=1S/C20H22Cl2N2O3S/c1-13-8-14(2)10-17(9-13)23-20(25)15-4-3-7-24(12-15)28(26,27)19-11-16(21)5-6-18(19)22/h5-6,8-11,15H,3-4,7,12H2,1-2H3,(H,23,25)/t15-/m1/s1. The summed E-state index contributed by atoms with van der Waals surface area (Å²) in [5.41, 5.74) is 2.83. The van der Waals surface area contributed by atoms with E-state index in [2.05, 4.69) is 5.32 Å². The second-order valence-electron chi connectivity index (χ2n) is 7.14. The number of carbonyl (C=O) groups excluding carboxylic acids is 1. The number of halogens is 2. The minimum Gasteiger partial charge on any atom is -0.326 e. The number of nitrogens with one attached hydrogen (secondary N) is 1. The summed E-state index contributed by atoms with van der Waals surface area (Å²) in [5, 5.41) is 3.33. The van der Waals surface area contributed by atoms with Crippen LogP contribution in [0, 0.1) is 19.8 Å². The number of amides is 1. The highest BCUT2D eigenvalue weighted by atomic mass is 35.5. The SMILES string of the molecule is Cc1cc(C)cc(NC(=O)[C@@H]2CCCN(S(=O)(=O)c3cc(Cl)ccc3Cl)C2)c1. The molecule has 0 aromatic heterocycles. The predicted molar refractivity (Wildman–Crippen MR) is 112 cm³/mol.